The second-order valence-corrected chi connectivity index (χ2v) is 3.20. The maximum absolute atomic E-state index is 11.8. The summed E-state index contributed by atoms with van der Waals surface area (Å²) < 4.78 is 39.7. The van der Waals surface area contributed by atoms with E-state index in [1.165, 1.54) is 19.1 Å². The molecule has 0 saturated carbocycles. The van der Waals surface area contributed by atoms with Crippen LogP contribution in [0.2, 0.25) is 0 Å². The van der Waals surface area contributed by atoms with Gasteiger partial charge in [0.25, 0.3) is 0 Å². The first-order valence-corrected chi connectivity index (χ1v) is 4.50. The third-order valence-electron chi connectivity index (χ3n) is 1.58. The maximum atomic E-state index is 11.8. The summed E-state index contributed by atoms with van der Waals surface area (Å²) in [5, 5.41) is 8.62. The second kappa shape index (κ2) is 6.18. The summed E-state index contributed by atoms with van der Waals surface area (Å²) in [6.45, 7) is 1.64. The van der Waals surface area contributed by atoms with Crippen molar-refractivity contribution in [1.82, 2.24) is 0 Å². The van der Waals surface area contributed by atoms with Crippen molar-refractivity contribution in [2.45, 2.75) is 26.1 Å². The first kappa shape index (κ1) is 14.5. The highest BCUT2D eigenvalue weighted by atomic mass is 19.4. The molecule has 0 aliphatic carbocycles. The highest BCUT2D eigenvalue weighted by Gasteiger charge is 2.28. The van der Waals surface area contributed by atoms with E-state index in [1.54, 1.807) is 6.92 Å². The molecule has 90 valence electrons. The van der Waals surface area contributed by atoms with Crippen molar-refractivity contribution >= 4 is 0 Å². The lowest BCUT2D eigenvalue weighted by Gasteiger charge is -2.08. The van der Waals surface area contributed by atoms with Crippen LogP contribution in [-0.4, -0.2) is 18.8 Å². The van der Waals surface area contributed by atoms with Crippen LogP contribution in [0.3, 0.4) is 0 Å². The van der Waals surface area contributed by atoms with Gasteiger partial charge in [0.2, 0.25) is 0 Å². The van der Waals surface area contributed by atoms with Gasteiger partial charge in [-0.15, -0.1) is 0 Å². The molecule has 0 amide bonds. The number of nitriles is 1. The zero-order valence-electron chi connectivity index (χ0n) is 9.01. The normalized spacial score (nSPS) is 15.6. The molecule has 0 unspecified atom stereocenters. The van der Waals surface area contributed by atoms with E-state index in [-0.39, 0.29) is 11.3 Å². The number of allylic oxidation sites excluding steroid dienone is 3. The topological polar surface area (TPSA) is 59.0 Å². The monoisotopic (exact) mass is 234 g/mol. The SMILES string of the molecule is C/C(=C\C=C(/C#N)[C@@H](C)N)OCC(F)(F)F. The fourth-order valence-electron chi connectivity index (χ4n) is 0.742. The molecule has 0 aromatic rings. The van der Waals surface area contributed by atoms with E-state index in [0.29, 0.717) is 0 Å². The van der Waals surface area contributed by atoms with Crippen LogP contribution in [0.15, 0.2) is 23.5 Å². The fraction of sp³-hybridized carbons (Fsp3) is 0.500. The van der Waals surface area contributed by atoms with Crippen LogP contribution in [-0.2, 0) is 4.74 Å². The summed E-state index contributed by atoms with van der Waals surface area (Å²) in [6.07, 6.45) is -1.73. The van der Waals surface area contributed by atoms with Crippen molar-refractivity contribution < 1.29 is 17.9 Å². The van der Waals surface area contributed by atoms with E-state index in [9.17, 15) is 13.2 Å². The van der Waals surface area contributed by atoms with Gasteiger partial charge in [-0.1, -0.05) is 0 Å². The van der Waals surface area contributed by atoms with E-state index >= 15 is 0 Å². The van der Waals surface area contributed by atoms with Gasteiger partial charge >= 0.3 is 6.18 Å². The quantitative estimate of drug-likeness (QED) is 0.461. The molecular formula is C10H13F3N2O. The predicted octanol–water partition coefficient (Wildman–Crippen LogP) is 2.27. The van der Waals surface area contributed by atoms with E-state index < -0.39 is 18.8 Å². The molecule has 0 rings (SSSR count). The number of rotatable bonds is 4. The highest BCUT2D eigenvalue weighted by Crippen LogP contribution is 2.16. The number of hydrogen-bond acceptors (Lipinski definition) is 3. The third-order valence-corrected chi connectivity index (χ3v) is 1.58. The number of nitrogens with zero attached hydrogens (tertiary/aromatic N) is 1. The Balaban J connectivity index is 4.40. The average molecular weight is 234 g/mol. The van der Waals surface area contributed by atoms with Gasteiger partial charge in [-0.2, -0.15) is 18.4 Å². The van der Waals surface area contributed by atoms with Gasteiger partial charge in [0.05, 0.1) is 11.8 Å². The number of ether oxygens (including phenoxy) is 1. The van der Waals surface area contributed by atoms with Crippen LogP contribution in [0.4, 0.5) is 13.2 Å². The Labute approximate surface area is 92.0 Å². The Bertz CT molecular complexity index is 324. The summed E-state index contributed by atoms with van der Waals surface area (Å²) in [5.41, 5.74) is 5.71. The minimum Gasteiger partial charge on any atom is -0.489 e. The Kier molecular flexibility index (Phi) is 5.61. The first-order valence-electron chi connectivity index (χ1n) is 4.50. The minimum atomic E-state index is -4.36. The number of alkyl halides is 3. The van der Waals surface area contributed by atoms with Gasteiger partial charge in [-0.25, -0.2) is 0 Å². The van der Waals surface area contributed by atoms with Crippen molar-refractivity contribution in [3.05, 3.63) is 23.5 Å². The van der Waals surface area contributed by atoms with Crippen molar-refractivity contribution in [1.29, 1.82) is 5.26 Å². The number of nitrogens with two attached hydrogens (primary N) is 1. The lowest BCUT2D eigenvalue weighted by Crippen LogP contribution is -2.17. The van der Waals surface area contributed by atoms with E-state index in [1.807, 2.05) is 6.07 Å². The first-order chi connectivity index (χ1) is 7.26. The van der Waals surface area contributed by atoms with E-state index in [2.05, 4.69) is 4.74 Å². The zero-order chi connectivity index (χ0) is 12.8. The molecule has 1 atom stereocenters. The molecule has 16 heavy (non-hydrogen) atoms. The molecule has 0 fully saturated rings. The van der Waals surface area contributed by atoms with Crippen LogP contribution in [0.5, 0.6) is 0 Å². The van der Waals surface area contributed by atoms with Crippen molar-refractivity contribution in [3.8, 4) is 6.07 Å². The molecule has 0 aromatic heterocycles. The minimum absolute atomic E-state index is 0.0747. The summed E-state index contributed by atoms with van der Waals surface area (Å²) in [7, 11) is 0. The number of halogens is 3. The van der Waals surface area contributed by atoms with Gasteiger partial charge in [0.1, 0.15) is 0 Å². The summed E-state index contributed by atoms with van der Waals surface area (Å²) in [6, 6.07) is 1.38. The van der Waals surface area contributed by atoms with Crippen molar-refractivity contribution in [3.63, 3.8) is 0 Å². The van der Waals surface area contributed by atoms with Gasteiger partial charge in [-0.05, 0) is 26.0 Å². The van der Waals surface area contributed by atoms with Crippen LogP contribution >= 0.6 is 0 Å². The average Bonchev–Trinajstić information content (AvgIpc) is 2.14. The molecule has 0 aromatic carbocycles. The molecule has 0 aliphatic heterocycles. The van der Waals surface area contributed by atoms with Crippen LogP contribution in [0, 0.1) is 11.3 Å². The smallest absolute Gasteiger partial charge is 0.422 e. The Morgan fingerprint density at radius 3 is 2.44 bits per heavy atom. The predicted molar refractivity (Wildman–Crippen MR) is 53.1 cm³/mol. The van der Waals surface area contributed by atoms with Crippen molar-refractivity contribution in [2.75, 3.05) is 6.61 Å². The zero-order valence-corrected chi connectivity index (χ0v) is 9.01. The molecule has 0 spiro atoms. The lowest BCUT2D eigenvalue weighted by atomic mass is 10.1. The Hall–Kier alpha value is -1.48. The molecule has 6 heteroatoms. The summed E-state index contributed by atoms with van der Waals surface area (Å²) in [5.74, 6) is 0.0747. The highest BCUT2D eigenvalue weighted by molar-refractivity contribution is 5.30. The third kappa shape index (κ3) is 6.90. The van der Waals surface area contributed by atoms with Crippen molar-refractivity contribution in [2.24, 2.45) is 5.73 Å². The molecular weight excluding hydrogens is 221 g/mol. The molecule has 0 heterocycles. The van der Waals surface area contributed by atoms with Crippen LogP contribution in [0.25, 0.3) is 0 Å². The maximum Gasteiger partial charge on any atom is 0.422 e. The van der Waals surface area contributed by atoms with Gasteiger partial charge in [0.15, 0.2) is 6.61 Å². The van der Waals surface area contributed by atoms with Crippen LogP contribution < -0.4 is 5.73 Å². The molecule has 0 saturated heterocycles. The summed E-state index contributed by atoms with van der Waals surface area (Å²) in [4.78, 5) is 0. The molecule has 0 radical (unpaired) electrons. The molecule has 2 N–H and O–H groups in total. The van der Waals surface area contributed by atoms with Gasteiger partial charge in [0, 0.05) is 11.6 Å². The standard InChI is InChI=1S/C10H13F3N2O/c1-7(16-6-10(11,12)13)3-4-9(5-14)8(2)15/h3-4,8H,6,15H2,1-2H3/b7-3+,9-4+/t8-/m1/s1. The van der Waals surface area contributed by atoms with E-state index in [4.69, 9.17) is 11.0 Å². The number of hydrogen-bond donors (Lipinski definition) is 1. The Morgan fingerprint density at radius 1 is 1.50 bits per heavy atom. The molecule has 0 bridgehead atoms. The van der Waals surface area contributed by atoms with E-state index in [0.717, 1.165) is 0 Å². The lowest BCUT2D eigenvalue weighted by molar-refractivity contribution is -0.164. The molecule has 0 aliphatic rings. The second-order valence-electron chi connectivity index (χ2n) is 3.20. The van der Waals surface area contributed by atoms with Gasteiger partial charge in [-0.3, -0.25) is 0 Å². The van der Waals surface area contributed by atoms with Gasteiger partial charge < -0.3 is 10.5 Å². The summed E-state index contributed by atoms with van der Waals surface area (Å²) >= 11 is 0. The fourth-order valence-corrected chi connectivity index (χ4v) is 0.742. The Morgan fingerprint density at radius 2 is 2.06 bits per heavy atom. The molecule has 3 nitrogen and oxygen atoms in total. The largest absolute Gasteiger partial charge is 0.489 e. The van der Waals surface area contributed by atoms with Crippen LogP contribution in [0.1, 0.15) is 13.8 Å².